The number of carbonyl (C=O) groups excluding carboxylic acids is 2. The van der Waals surface area contributed by atoms with E-state index in [-0.39, 0.29) is 22.4 Å². The Morgan fingerprint density at radius 1 is 1.20 bits per heavy atom. The van der Waals surface area contributed by atoms with E-state index in [2.05, 4.69) is 20.4 Å². The van der Waals surface area contributed by atoms with Crippen LogP contribution in [0.1, 0.15) is 65.7 Å². The molecule has 3 nitrogen and oxygen atoms in total. The number of aliphatic hydroxyl groups is 1. The summed E-state index contributed by atoms with van der Waals surface area (Å²) in [6.07, 6.45) is 7.77. The first-order chi connectivity index (χ1) is 11.6. The van der Waals surface area contributed by atoms with Gasteiger partial charge in [-0.05, 0) is 80.3 Å². The lowest BCUT2D eigenvalue weighted by Crippen LogP contribution is -2.57. The molecule has 0 aromatic rings. The molecule has 4 aliphatic rings. The van der Waals surface area contributed by atoms with Crippen molar-refractivity contribution in [1.29, 1.82) is 0 Å². The van der Waals surface area contributed by atoms with E-state index < -0.39 is 5.60 Å². The minimum atomic E-state index is -1.16. The third kappa shape index (κ3) is 2.02. The van der Waals surface area contributed by atoms with Crippen molar-refractivity contribution < 1.29 is 14.7 Å². The van der Waals surface area contributed by atoms with Crippen molar-refractivity contribution in [2.45, 2.75) is 71.3 Å². The maximum atomic E-state index is 12.3. The van der Waals surface area contributed by atoms with Gasteiger partial charge in [0.2, 0.25) is 0 Å². The first-order valence-electron chi connectivity index (χ1n) is 9.80. The lowest BCUT2D eigenvalue weighted by atomic mass is 9.45. The van der Waals surface area contributed by atoms with Crippen LogP contribution in [-0.2, 0) is 9.59 Å². The van der Waals surface area contributed by atoms with Crippen molar-refractivity contribution in [1.82, 2.24) is 0 Å². The molecule has 0 unspecified atom stereocenters. The average molecular weight is 342 g/mol. The number of carbonyl (C=O) groups is 2. The second kappa shape index (κ2) is 5.16. The van der Waals surface area contributed by atoms with E-state index in [1.165, 1.54) is 5.57 Å². The average Bonchev–Trinajstić information content (AvgIpc) is 2.83. The zero-order valence-corrected chi connectivity index (χ0v) is 15.7. The number of ketones is 2. The van der Waals surface area contributed by atoms with E-state index in [0.717, 1.165) is 37.7 Å². The van der Waals surface area contributed by atoms with Crippen LogP contribution in [0.2, 0.25) is 0 Å². The highest BCUT2D eigenvalue weighted by atomic mass is 16.3. The fourth-order valence-corrected chi connectivity index (χ4v) is 7.16. The molecule has 25 heavy (non-hydrogen) atoms. The summed E-state index contributed by atoms with van der Waals surface area (Å²) < 4.78 is 0. The standard InChI is InChI=1S/C22H30O3/c1-13-11-16-17(20(3)8-5-15(24)12-19(13)20)6-9-21(4)18(16)7-10-22(21,25)14(2)23/h12,16-18,25H,1,5-11H2,2-4H3/t16-,17+,18+,20+,21-,22-/m0/s1. The van der Waals surface area contributed by atoms with Gasteiger partial charge in [0.15, 0.2) is 11.6 Å². The van der Waals surface area contributed by atoms with Crippen molar-refractivity contribution in [2.24, 2.45) is 28.6 Å². The predicted molar refractivity (Wildman–Crippen MR) is 96.9 cm³/mol. The van der Waals surface area contributed by atoms with Crippen LogP contribution in [0.25, 0.3) is 0 Å². The Bertz CT molecular complexity index is 704. The molecule has 136 valence electrons. The molecule has 0 spiro atoms. The molecule has 3 saturated carbocycles. The van der Waals surface area contributed by atoms with Gasteiger partial charge in [0, 0.05) is 11.8 Å². The Kier molecular flexibility index (Phi) is 3.55. The topological polar surface area (TPSA) is 54.4 Å². The minimum Gasteiger partial charge on any atom is -0.382 e. The monoisotopic (exact) mass is 342 g/mol. The lowest BCUT2D eigenvalue weighted by molar-refractivity contribution is -0.159. The molecule has 4 aliphatic carbocycles. The van der Waals surface area contributed by atoms with Crippen molar-refractivity contribution in [2.75, 3.05) is 0 Å². The van der Waals surface area contributed by atoms with E-state index in [0.29, 0.717) is 30.6 Å². The molecule has 0 aromatic heterocycles. The molecule has 0 bridgehead atoms. The molecule has 4 rings (SSSR count). The van der Waals surface area contributed by atoms with Crippen LogP contribution in [0.15, 0.2) is 23.8 Å². The zero-order valence-electron chi connectivity index (χ0n) is 15.7. The van der Waals surface area contributed by atoms with Gasteiger partial charge in [0.25, 0.3) is 0 Å². The Morgan fingerprint density at radius 3 is 2.56 bits per heavy atom. The molecule has 0 saturated heterocycles. The number of fused-ring (bicyclic) bond motifs is 5. The second-order valence-corrected chi connectivity index (χ2v) is 9.54. The van der Waals surface area contributed by atoms with Crippen LogP contribution in [0, 0.1) is 28.6 Å². The maximum absolute atomic E-state index is 12.3. The normalized spacial score (nSPS) is 49.1. The molecular formula is C22H30O3. The SMILES string of the molecule is C=C1C[C@H]2[C@@H](CC[C@@]3(C)[C@@H]2CC[C@]3(O)C(C)=O)[C@@]2(C)CCC(=O)C=C12. The van der Waals surface area contributed by atoms with Gasteiger partial charge in [0.1, 0.15) is 5.60 Å². The van der Waals surface area contributed by atoms with Crippen molar-refractivity contribution in [3.8, 4) is 0 Å². The quantitative estimate of drug-likeness (QED) is 0.783. The fourth-order valence-electron chi connectivity index (χ4n) is 7.16. The molecule has 0 aromatic carbocycles. The lowest BCUT2D eigenvalue weighted by Gasteiger charge is -2.59. The molecule has 0 heterocycles. The number of hydrogen-bond acceptors (Lipinski definition) is 3. The maximum Gasteiger partial charge on any atom is 0.161 e. The summed E-state index contributed by atoms with van der Waals surface area (Å²) in [4.78, 5) is 24.2. The smallest absolute Gasteiger partial charge is 0.161 e. The third-order valence-corrected chi connectivity index (χ3v) is 8.66. The van der Waals surface area contributed by atoms with Gasteiger partial charge in [-0.25, -0.2) is 0 Å². The predicted octanol–water partition coefficient (Wildman–Crippen LogP) is 4.00. The van der Waals surface area contributed by atoms with Crippen molar-refractivity contribution in [3.63, 3.8) is 0 Å². The van der Waals surface area contributed by atoms with Crippen LogP contribution < -0.4 is 0 Å². The highest BCUT2D eigenvalue weighted by Gasteiger charge is 2.65. The Balaban J connectivity index is 1.75. The van der Waals surface area contributed by atoms with E-state index in [9.17, 15) is 14.7 Å². The number of hydrogen-bond donors (Lipinski definition) is 1. The van der Waals surface area contributed by atoms with Gasteiger partial charge in [0.05, 0.1) is 0 Å². The van der Waals surface area contributed by atoms with Gasteiger partial charge >= 0.3 is 0 Å². The van der Waals surface area contributed by atoms with Gasteiger partial charge < -0.3 is 5.11 Å². The van der Waals surface area contributed by atoms with Gasteiger partial charge in [-0.1, -0.05) is 26.0 Å². The molecular weight excluding hydrogens is 312 g/mol. The Hall–Kier alpha value is -1.22. The molecule has 3 heteroatoms. The van der Waals surface area contributed by atoms with Crippen LogP contribution in [-0.4, -0.2) is 22.3 Å². The summed E-state index contributed by atoms with van der Waals surface area (Å²) in [5.41, 5.74) is 0.852. The third-order valence-electron chi connectivity index (χ3n) is 8.66. The van der Waals surface area contributed by atoms with Gasteiger partial charge in [-0.3, -0.25) is 9.59 Å². The molecule has 0 amide bonds. The first-order valence-corrected chi connectivity index (χ1v) is 9.80. The second-order valence-electron chi connectivity index (χ2n) is 9.54. The van der Waals surface area contributed by atoms with Crippen LogP contribution in [0.5, 0.6) is 0 Å². The summed E-state index contributed by atoms with van der Waals surface area (Å²) >= 11 is 0. The van der Waals surface area contributed by atoms with Crippen LogP contribution in [0.3, 0.4) is 0 Å². The Morgan fingerprint density at radius 2 is 1.88 bits per heavy atom. The van der Waals surface area contributed by atoms with E-state index in [1.807, 2.05) is 6.08 Å². The van der Waals surface area contributed by atoms with Crippen molar-refractivity contribution >= 4 is 11.6 Å². The highest BCUT2D eigenvalue weighted by Crippen LogP contribution is 2.68. The zero-order chi connectivity index (χ0) is 18.2. The van der Waals surface area contributed by atoms with E-state index in [1.54, 1.807) is 6.92 Å². The summed E-state index contributed by atoms with van der Waals surface area (Å²) in [5.74, 6) is 1.54. The number of rotatable bonds is 1. The van der Waals surface area contributed by atoms with Crippen LogP contribution in [0.4, 0.5) is 0 Å². The molecule has 0 radical (unpaired) electrons. The van der Waals surface area contributed by atoms with Gasteiger partial charge in [-0.15, -0.1) is 0 Å². The first kappa shape index (κ1) is 17.2. The summed E-state index contributed by atoms with van der Waals surface area (Å²) in [5, 5.41) is 11.2. The summed E-state index contributed by atoms with van der Waals surface area (Å²) in [6, 6.07) is 0. The van der Waals surface area contributed by atoms with E-state index in [4.69, 9.17) is 0 Å². The van der Waals surface area contributed by atoms with Crippen molar-refractivity contribution in [3.05, 3.63) is 23.8 Å². The minimum absolute atomic E-state index is 0.0339. The number of allylic oxidation sites excluding steroid dienone is 2. The van der Waals surface area contributed by atoms with Gasteiger partial charge in [-0.2, -0.15) is 0 Å². The molecule has 1 N–H and O–H groups in total. The van der Waals surface area contributed by atoms with E-state index >= 15 is 0 Å². The fraction of sp³-hybridized carbons (Fsp3) is 0.727. The summed E-state index contributed by atoms with van der Waals surface area (Å²) in [6.45, 7) is 10.3. The Labute approximate surface area is 150 Å². The summed E-state index contributed by atoms with van der Waals surface area (Å²) in [7, 11) is 0. The highest BCUT2D eigenvalue weighted by molar-refractivity contribution is 5.92. The molecule has 6 atom stereocenters. The van der Waals surface area contributed by atoms with Crippen LogP contribution >= 0.6 is 0 Å². The molecule has 3 fully saturated rings. The molecule has 0 aliphatic heterocycles. The largest absolute Gasteiger partial charge is 0.382 e. The number of Topliss-reactive ketones (excluding diaryl/α,β-unsaturated/α-hetero) is 1.